The second-order valence-corrected chi connectivity index (χ2v) is 5.85. The van der Waals surface area contributed by atoms with E-state index >= 15 is 0 Å². The molecule has 0 aromatic carbocycles. The minimum Gasteiger partial charge on any atom is -0.480 e. The number of hydrogen-bond acceptors (Lipinski definition) is 4. The molecule has 0 aromatic heterocycles. The summed E-state index contributed by atoms with van der Waals surface area (Å²) in [7, 11) is 1.47. The molecule has 6 nitrogen and oxygen atoms in total. The highest BCUT2D eigenvalue weighted by Gasteiger charge is 2.53. The molecule has 1 saturated carbocycles. The smallest absolute Gasteiger partial charge is 0.321 e. The van der Waals surface area contributed by atoms with Crippen molar-refractivity contribution in [3.63, 3.8) is 0 Å². The van der Waals surface area contributed by atoms with Gasteiger partial charge >= 0.3 is 5.97 Å². The topological polar surface area (TPSA) is 77.9 Å². The fourth-order valence-corrected chi connectivity index (χ4v) is 3.98. The number of carbonyl (C=O) groups is 3. The zero-order valence-corrected chi connectivity index (χ0v) is 10.9. The van der Waals surface area contributed by atoms with Crippen molar-refractivity contribution < 1.29 is 19.5 Å². The van der Waals surface area contributed by atoms with Gasteiger partial charge in [0.1, 0.15) is 6.04 Å². The lowest BCUT2D eigenvalue weighted by molar-refractivity contribution is -0.145. The second-order valence-electron chi connectivity index (χ2n) is 5.85. The largest absolute Gasteiger partial charge is 0.480 e. The molecule has 4 unspecified atom stereocenters. The Morgan fingerprint density at radius 2 is 2.05 bits per heavy atom. The lowest BCUT2D eigenvalue weighted by Gasteiger charge is -2.28. The number of nitrogens with zero attached hydrogens (tertiary/aromatic N) is 2. The minimum absolute atomic E-state index is 0.124. The number of carboxylic acid groups (broad SMARTS) is 1. The molecule has 2 aliphatic heterocycles. The maximum absolute atomic E-state index is 12.1. The van der Waals surface area contributed by atoms with Crippen molar-refractivity contribution in [2.45, 2.75) is 37.8 Å². The Hall–Kier alpha value is -1.43. The Bertz CT molecular complexity index is 450. The van der Waals surface area contributed by atoms with Crippen molar-refractivity contribution >= 4 is 17.8 Å². The van der Waals surface area contributed by atoms with Crippen LogP contribution in [-0.4, -0.2) is 58.4 Å². The van der Waals surface area contributed by atoms with E-state index in [0.29, 0.717) is 12.5 Å². The Labute approximate surface area is 111 Å². The lowest BCUT2D eigenvalue weighted by atomic mass is 9.94. The zero-order chi connectivity index (χ0) is 13.7. The summed E-state index contributed by atoms with van der Waals surface area (Å²) >= 11 is 0. The number of imide groups is 1. The molecular weight excluding hydrogens is 248 g/mol. The number of likely N-dealkylation sites (tertiary alicyclic amines) is 2. The molecule has 3 rings (SSSR count). The third-order valence-electron chi connectivity index (χ3n) is 4.94. The fourth-order valence-electron chi connectivity index (χ4n) is 3.98. The number of carboxylic acids is 1. The first-order valence-electron chi connectivity index (χ1n) is 6.79. The van der Waals surface area contributed by atoms with Gasteiger partial charge in [-0.05, 0) is 24.7 Å². The standard InChI is InChI=1S/C13H18N2O4/c1-14-10(16)5-9(12(14)17)15-6-7-3-2-4-8(7)11(15)13(18)19/h7-9,11H,2-6H2,1H3,(H,18,19). The highest BCUT2D eigenvalue weighted by molar-refractivity contribution is 6.05. The molecule has 19 heavy (non-hydrogen) atoms. The van der Waals surface area contributed by atoms with Crippen molar-refractivity contribution in [2.75, 3.05) is 13.6 Å². The van der Waals surface area contributed by atoms with Crippen molar-refractivity contribution in [3.05, 3.63) is 0 Å². The number of likely N-dealkylation sites (N-methyl/N-ethyl adjacent to an activating group) is 1. The molecule has 2 heterocycles. The quantitative estimate of drug-likeness (QED) is 0.708. The lowest BCUT2D eigenvalue weighted by Crippen LogP contribution is -2.48. The van der Waals surface area contributed by atoms with Crippen LogP contribution in [0, 0.1) is 11.8 Å². The molecule has 104 valence electrons. The predicted octanol–water partition coefficient (Wildman–Crippen LogP) is -0.0712. The summed E-state index contributed by atoms with van der Waals surface area (Å²) in [6.07, 6.45) is 3.15. The molecule has 0 spiro atoms. The van der Waals surface area contributed by atoms with Gasteiger partial charge in [-0.25, -0.2) is 0 Å². The van der Waals surface area contributed by atoms with Crippen LogP contribution in [-0.2, 0) is 14.4 Å². The van der Waals surface area contributed by atoms with Gasteiger partial charge in [-0.15, -0.1) is 0 Å². The van der Waals surface area contributed by atoms with E-state index < -0.39 is 18.1 Å². The summed E-state index contributed by atoms with van der Waals surface area (Å²) in [6.45, 7) is 0.638. The summed E-state index contributed by atoms with van der Waals surface area (Å²) in [4.78, 5) is 38.1. The summed E-state index contributed by atoms with van der Waals surface area (Å²) in [5, 5.41) is 9.46. The summed E-state index contributed by atoms with van der Waals surface area (Å²) in [5.41, 5.74) is 0. The third-order valence-corrected chi connectivity index (χ3v) is 4.94. The van der Waals surface area contributed by atoms with Gasteiger partial charge in [-0.1, -0.05) is 6.42 Å². The first-order valence-corrected chi connectivity index (χ1v) is 6.79. The number of amides is 2. The van der Waals surface area contributed by atoms with Crippen LogP contribution in [0.15, 0.2) is 0 Å². The zero-order valence-electron chi connectivity index (χ0n) is 10.9. The van der Waals surface area contributed by atoms with E-state index in [1.165, 1.54) is 7.05 Å². The van der Waals surface area contributed by atoms with E-state index in [-0.39, 0.29) is 24.2 Å². The highest BCUT2D eigenvalue weighted by Crippen LogP contribution is 2.44. The molecule has 0 aromatic rings. The van der Waals surface area contributed by atoms with E-state index in [1.807, 2.05) is 0 Å². The molecule has 0 radical (unpaired) electrons. The molecule has 2 amide bonds. The van der Waals surface area contributed by atoms with E-state index in [2.05, 4.69) is 0 Å². The molecular formula is C13H18N2O4. The van der Waals surface area contributed by atoms with Crippen LogP contribution >= 0.6 is 0 Å². The normalized spacial score (nSPS) is 39.1. The summed E-state index contributed by atoms with van der Waals surface area (Å²) in [5.74, 6) is -0.808. The van der Waals surface area contributed by atoms with Gasteiger partial charge < -0.3 is 5.11 Å². The maximum Gasteiger partial charge on any atom is 0.321 e. The van der Waals surface area contributed by atoms with Crippen LogP contribution in [0.1, 0.15) is 25.7 Å². The van der Waals surface area contributed by atoms with Crippen LogP contribution in [0.4, 0.5) is 0 Å². The molecule has 3 aliphatic rings. The van der Waals surface area contributed by atoms with Crippen molar-refractivity contribution in [1.29, 1.82) is 0 Å². The third kappa shape index (κ3) is 1.77. The van der Waals surface area contributed by atoms with Gasteiger partial charge in [0.25, 0.3) is 0 Å². The van der Waals surface area contributed by atoms with E-state index in [1.54, 1.807) is 4.90 Å². The Kier molecular flexibility index (Phi) is 2.85. The molecule has 4 atom stereocenters. The van der Waals surface area contributed by atoms with Crippen LogP contribution in [0.3, 0.4) is 0 Å². The van der Waals surface area contributed by atoms with E-state index in [0.717, 1.165) is 24.2 Å². The summed E-state index contributed by atoms with van der Waals surface area (Å²) in [6, 6.07) is -1.16. The maximum atomic E-state index is 12.1. The molecule has 1 N–H and O–H groups in total. The van der Waals surface area contributed by atoms with Crippen molar-refractivity contribution in [2.24, 2.45) is 11.8 Å². The highest BCUT2D eigenvalue weighted by atomic mass is 16.4. The van der Waals surface area contributed by atoms with Gasteiger partial charge in [0.05, 0.1) is 12.5 Å². The Morgan fingerprint density at radius 1 is 1.32 bits per heavy atom. The number of carbonyl (C=O) groups excluding carboxylic acids is 2. The van der Waals surface area contributed by atoms with Gasteiger partial charge in [0.2, 0.25) is 11.8 Å². The van der Waals surface area contributed by atoms with E-state index in [9.17, 15) is 19.5 Å². The van der Waals surface area contributed by atoms with Crippen LogP contribution in [0.5, 0.6) is 0 Å². The number of aliphatic carboxylic acids is 1. The first-order chi connectivity index (χ1) is 9.00. The number of fused-ring (bicyclic) bond motifs is 1. The molecule has 6 heteroatoms. The number of rotatable bonds is 2. The predicted molar refractivity (Wildman–Crippen MR) is 65.1 cm³/mol. The monoisotopic (exact) mass is 266 g/mol. The molecule has 0 bridgehead atoms. The first kappa shape index (κ1) is 12.6. The average Bonchev–Trinajstić information content (AvgIpc) is 2.97. The van der Waals surface area contributed by atoms with Crippen molar-refractivity contribution in [1.82, 2.24) is 9.80 Å². The fraction of sp³-hybridized carbons (Fsp3) is 0.769. The molecule has 1 aliphatic carbocycles. The van der Waals surface area contributed by atoms with Gasteiger partial charge in [0.15, 0.2) is 0 Å². The van der Waals surface area contributed by atoms with Gasteiger partial charge in [0, 0.05) is 13.6 Å². The minimum atomic E-state index is -0.857. The van der Waals surface area contributed by atoms with Crippen LogP contribution < -0.4 is 0 Å². The van der Waals surface area contributed by atoms with Gasteiger partial charge in [-0.3, -0.25) is 24.2 Å². The second kappa shape index (κ2) is 4.30. The SMILES string of the molecule is CN1C(=O)CC(N2CC3CCCC3C2C(=O)O)C1=O. The molecule has 3 fully saturated rings. The van der Waals surface area contributed by atoms with Crippen molar-refractivity contribution in [3.8, 4) is 0 Å². The molecule has 2 saturated heterocycles. The average molecular weight is 266 g/mol. The van der Waals surface area contributed by atoms with Crippen LogP contribution in [0.2, 0.25) is 0 Å². The Balaban J connectivity index is 1.86. The van der Waals surface area contributed by atoms with Crippen LogP contribution in [0.25, 0.3) is 0 Å². The summed E-state index contributed by atoms with van der Waals surface area (Å²) < 4.78 is 0. The van der Waals surface area contributed by atoms with E-state index in [4.69, 9.17) is 0 Å². The Morgan fingerprint density at radius 3 is 2.63 bits per heavy atom. The van der Waals surface area contributed by atoms with Gasteiger partial charge in [-0.2, -0.15) is 0 Å². The number of hydrogen-bond donors (Lipinski definition) is 1.